The second-order valence-electron chi connectivity index (χ2n) is 8.63. The van der Waals surface area contributed by atoms with Gasteiger partial charge in [0.05, 0.1) is 27.6 Å². The van der Waals surface area contributed by atoms with Gasteiger partial charge in [-0.2, -0.15) is 8.42 Å². The highest BCUT2D eigenvalue weighted by Gasteiger charge is 2.28. The first-order valence-corrected chi connectivity index (χ1v) is 13.8. The summed E-state index contributed by atoms with van der Waals surface area (Å²) in [5.41, 5.74) is 2.55. The summed E-state index contributed by atoms with van der Waals surface area (Å²) < 4.78 is 65.4. The smallest absolute Gasteiger partial charge is 0.342 e. The molecule has 0 aliphatic heterocycles. The van der Waals surface area contributed by atoms with E-state index in [1.165, 1.54) is 39.5 Å². The molecule has 8 nitrogen and oxygen atoms in total. The summed E-state index contributed by atoms with van der Waals surface area (Å²) in [6, 6.07) is 21.3. The zero-order valence-corrected chi connectivity index (χ0v) is 23.1. The molecule has 4 aromatic carbocycles. The van der Waals surface area contributed by atoms with E-state index >= 15 is 0 Å². The molecule has 0 aliphatic rings. The van der Waals surface area contributed by atoms with Crippen LogP contribution in [0, 0.1) is 5.82 Å². The molecule has 0 N–H and O–H groups in total. The number of rotatable bonds is 10. The van der Waals surface area contributed by atoms with Crippen molar-refractivity contribution in [2.45, 2.75) is 6.61 Å². The maximum Gasteiger partial charge on any atom is 0.342 e. The molecule has 0 amide bonds. The lowest BCUT2D eigenvalue weighted by atomic mass is 9.92. The quantitative estimate of drug-likeness (QED) is 0.173. The van der Waals surface area contributed by atoms with E-state index < -0.39 is 21.9 Å². The highest BCUT2D eigenvalue weighted by molar-refractivity contribution is 7.86. The van der Waals surface area contributed by atoms with E-state index in [2.05, 4.69) is 0 Å². The molecule has 0 saturated heterocycles. The van der Waals surface area contributed by atoms with Crippen LogP contribution in [0.25, 0.3) is 22.3 Å². The molecule has 0 fully saturated rings. The molecule has 0 saturated carbocycles. The lowest BCUT2D eigenvalue weighted by molar-refractivity contribution is 0.0597. The van der Waals surface area contributed by atoms with Gasteiger partial charge in [-0.15, -0.1) is 0 Å². The summed E-state index contributed by atoms with van der Waals surface area (Å²) in [6.45, 7) is 0.164. The van der Waals surface area contributed by atoms with E-state index in [-0.39, 0.29) is 40.7 Å². The van der Waals surface area contributed by atoms with Gasteiger partial charge in [-0.05, 0) is 47.0 Å². The van der Waals surface area contributed by atoms with Gasteiger partial charge in [0.25, 0.3) is 0 Å². The van der Waals surface area contributed by atoms with Crippen molar-refractivity contribution in [1.29, 1.82) is 0 Å². The van der Waals surface area contributed by atoms with Gasteiger partial charge in [0.1, 0.15) is 29.5 Å². The molecule has 0 spiro atoms. The Hall–Kier alpha value is -4.57. The molecule has 4 aromatic rings. The first-order valence-electron chi connectivity index (χ1n) is 12.0. The normalized spacial score (nSPS) is 11.0. The van der Waals surface area contributed by atoms with Crippen LogP contribution in [0.4, 0.5) is 4.39 Å². The van der Waals surface area contributed by atoms with Crippen LogP contribution in [0.5, 0.6) is 23.0 Å². The molecule has 10 heteroatoms. The minimum atomic E-state index is -3.95. The van der Waals surface area contributed by atoms with Crippen molar-refractivity contribution in [2.24, 2.45) is 0 Å². The van der Waals surface area contributed by atoms with Gasteiger partial charge in [0.2, 0.25) is 0 Å². The zero-order valence-electron chi connectivity index (χ0n) is 22.3. The molecule has 0 bridgehead atoms. The molecule has 0 aliphatic carbocycles. The fourth-order valence-corrected chi connectivity index (χ4v) is 4.64. The number of ether oxygens (including phenoxy) is 4. The van der Waals surface area contributed by atoms with Crippen LogP contribution in [0.3, 0.4) is 0 Å². The maximum absolute atomic E-state index is 13.6. The van der Waals surface area contributed by atoms with Crippen LogP contribution < -0.4 is 18.4 Å². The van der Waals surface area contributed by atoms with E-state index in [4.69, 9.17) is 23.1 Å². The van der Waals surface area contributed by atoms with E-state index in [9.17, 15) is 17.6 Å². The van der Waals surface area contributed by atoms with Gasteiger partial charge in [-0.25, -0.2) is 9.18 Å². The molecule has 40 heavy (non-hydrogen) atoms. The van der Waals surface area contributed by atoms with Crippen molar-refractivity contribution in [3.05, 3.63) is 95.8 Å². The predicted molar refractivity (Wildman–Crippen MR) is 148 cm³/mol. The Morgan fingerprint density at radius 2 is 1.48 bits per heavy atom. The summed E-state index contributed by atoms with van der Waals surface area (Å²) in [5, 5.41) is 0. The van der Waals surface area contributed by atoms with Crippen LogP contribution in [0.1, 0.15) is 15.9 Å². The molecular formula is C30H27FO8S. The number of hydrogen-bond donors (Lipinski definition) is 0. The van der Waals surface area contributed by atoms with Crippen molar-refractivity contribution < 1.29 is 40.7 Å². The van der Waals surface area contributed by atoms with E-state index in [1.54, 1.807) is 30.3 Å². The third-order valence-electron chi connectivity index (χ3n) is 5.92. The molecule has 0 atom stereocenters. The van der Waals surface area contributed by atoms with Gasteiger partial charge in [0, 0.05) is 11.1 Å². The molecule has 4 rings (SSSR count). The number of carbonyl (C=O) groups excluding carboxylic acids is 1. The van der Waals surface area contributed by atoms with Crippen LogP contribution in [0.15, 0.2) is 78.9 Å². The van der Waals surface area contributed by atoms with Crippen LogP contribution in [0.2, 0.25) is 0 Å². The van der Waals surface area contributed by atoms with Crippen molar-refractivity contribution in [1.82, 2.24) is 0 Å². The van der Waals surface area contributed by atoms with Crippen LogP contribution in [-0.4, -0.2) is 42.0 Å². The van der Waals surface area contributed by atoms with Crippen molar-refractivity contribution in [2.75, 3.05) is 27.6 Å². The molecule has 208 valence electrons. The average molecular weight is 567 g/mol. The minimum Gasteiger partial charge on any atom is -0.496 e. The van der Waals surface area contributed by atoms with Crippen molar-refractivity contribution in [3.8, 4) is 45.3 Å². The topological polar surface area (TPSA) is 97.4 Å². The van der Waals surface area contributed by atoms with Crippen LogP contribution in [-0.2, 0) is 21.5 Å². The largest absolute Gasteiger partial charge is 0.496 e. The Kier molecular flexibility index (Phi) is 8.59. The number of methoxy groups -OCH3 is 3. The average Bonchev–Trinajstić information content (AvgIpc) is 2.95. The van der Waals surface area contributed by atoms with Crippen LogP contribution >= 0.6 is 0 Å². The SMILES string of the molecule is COC(=O)c1c(OC)c(-c2ccc(F)cc2)cc(OC)c1-c1ccc(OCc2ccccc2)c(OS(C)(=O)=O)c1. The lowest BCUT2D eigenvalue weighted by Gasteiger charge is -2.21. The first kappa shape index (κ1) is 28.4. The van der Waals surface area contributed by atoms with Gasteiger partial charge >= 0.3 is 16.1 Å². The number of halogens is 1. The number of carbonyl (C=O) groups is 1. The van der Waals surface area contributed by atoms with Gasteiger partial charge in [-0.1, -0.05) is 48.5 Å². The van der Waals surface area contributed by atoms with Crippen molar-refractivity contribution in [3.63, 3.8) is 0 Å². The summed E-state index contributed by atoms with van der Waals surface area (Å²) in [4.78, 5) is 13.2. The molecule has 0 aromatic heterocycles. The van der Waals surface area contributed by atoms with Gasteiger partial charge < -0.3 is 23.1 Å². The molecule has 0 unspecified atom stereocenters. The standard InChI is InChI=1S/C30H27FO8S/c1-35-26-17-23(20-10-13-22(31)14-11-20)29(36-2)28(30(32)37-3)27(26)21-12-15-24(25(16-21)39-40(4,33)34)38-18-19-8-6-5-7-9-19/h5-17H,18H2,1-4H3. The van der Waals surface area contributed by atoms with E-state index in [1.807, 2.05) is 30.3 Å². The lowest BCUT2D eigenvalue weighted by Crippen LogP contribution is -2.10. The first-order chi connectivity index (χ1) is 19.1. The number of esters is 1. The van der Waals surface area contributed by atoms with Crippen molar-refractivity contribution >= 4 is 16.1 Å². The Morgan fingerprint density at radius 1 is 0.800 bits per heavy atom. The third kappa shape index (κ3) is 6.35. The number of hydrogen-bond acceptors (Lipinski definition) is 8. The fraction of sp³-hybridized carbons (Fsp3) is 0.167. The monoisotopic (exact) mass is 566 g/mol. The summed E-state index contributed by atoms with van der Waals surface area (Å²) in [7, 11) is 0.0932. The highest BCUT2D eigenvalue weighted by atomic mass is 32.2. The van der Waals surface area contributed by atoms with E-state index in [0.29, 0.717) is 16.7 Å². The Balaban J connectivity index is 1.92. The summed E-state index contributed by atoms with van der Waals surface area (Å²) in [6.07, 6.45) is 0.918. The van der Waals surface area contributed by atoms with E-state index in [0.717, 1.165) is 11.8 Å². The Morgan fingerprint density at radius 3 is 2.08 bits per heavy atom. The summed E-state index contributed by atoms with van der Waals surface area (Å²) >= 11 is 0. The molecule has 0 radical (unpaired) electrons. The second kappa shape index (κ2) is 12.1. The minimum absolute atomic E-state index is 0.0203. The predicted octanol–water partition coefficient (Wildman–Crippen LogP) is 5.88. The molecular weight excluding hydrogens is 539 g/mol. The zero-order chi connectivity index (χ0) is 28.9. The maximum atomic E-state index is 13.6. The Bertz CT molecular complexity index is 1620. The fourth-order valence-electron chi connectivity index (χ4n) is 4.19. The number of benzene rings is 4. The second-order valence-corrected chi connectivity index (χ2v) is 10.2. The van der Waals surface area contributed by atoms with Gasteiger partial charge in [-0.3, -0.25) is 0 Å². The summed E-state index contributed by atoms with van der Waals surface area (Å²) in [5.74, 6) is -0.661. The third-order valence-corrected chi connectivity index (χ3v) is 6.41. The van der Waals surface area contributed by atoms with Gasteiger partial charge in [0.15, 0.2) is 11.5 Å². The Labute approximate surface area is 232 Å². The highest BCUT2D eigenvalue weighted by Crippen LogP contribution is 2.47. The molecule has 0 heterocycles.